The maximum atomic E-state index is 12.2. The van der Waals surface area contributed by atoms with Crippen molar-refractivity contribution in [1.29, 1.82) is 0 Å². The van der Waals surface area contributed by atoms with Gasteiger partial charge in [-0.1, -0.05) is 5.16 Å². The summed E-state index contributed by atoms with van der Waals surface area (Å²) in [4.78, 5) is 4.22. The average molecular weight is 311 g/mol. The van der Waals surface area contributed by atoms with Crippen molar-refractivity contribution in [3.8, 4) is 17.1 Å². The summed E-state index contributed by atoms with van der Waals surface area (Å²) in [6, 6.07) is 4.30. The third-order valence-electron chi connectivity index (χ3n) is 2.64. The molecule has 0 aliphatic carbocycles. The molecular weight excluding hydrogens is 294 g/mol. The average Bonchev–Trinajstić information content (AvgIpc) is 2.83. The lowest BCUT2D eigenvalue weighted by molar-refractivity contribution is 0.392. The van der Waals surface area contributed by atoms with Gasteiger partial charge in [-0.25, -0.2) is 13.1 Å². The van der Waals surface area contributed by atoms with Crippen molar-refractivity contribution in [2.45, 2.75) is 31.7 Å². The minimum atomic E-state index is -3.60. The number of aromatic nitrogens is 2. The van der Waals surface area contributed by atoms with E-state index >= 15 is 0 Å². The molecular formula is C13H17N3O4S. The molecule has 114 valence electrons. The highest BCUT2D eigenvalue weighted by atomic mass is 32.2. The first-order valence-corrected chi connectivity index (χ1v) is 7.83. The van der Waals surface area contributed by atoms with E-state index < -0.39 is 10.0 Å². The standard InChI is InChI=1S/C13H17N3O4S/c1-8(2)16-21(17,18)10-5-6-12(19-4)11(7-10)13-14-9(3)20-15-13/h5-8,16H,1-4H3. The molecule has 0 aliphatic heterocycles. The lowest BCUT2D eigenvalue weighted by Crippen LogP contribution is -2.30. The first-order valence-electron chi connectivity index (χ1n) is 6.34. The van der Waals surface area contributed by atoms with Crippen molar-refractivity contribution in [1.82, 2.24) is 14.9 Å². The van der Waals surface area contributed by atoms with Gasteiger partial charge in [0.2, 0.25) is 21.7 Å². The molecule has 0 saturated carbocycles. The molecule has 1 heterocycles. The number of methoxy groups -OCH3 is 1. The van der Waals surface area contributed by atoms with Gasteiger partial charge in [0.25, 0.3) is 0 Å². The fourth-order valence-corrected chi connectivity index (χ4v) is 3.09. The van der Waals surface area contributed by atoms with E-state index in [1.54, 1.807) is 26.8 Å². The van der Waals surface area contributed by atoms with E-state index in [0.29, 0.717) is 17.2 Å². The number of hydrogen-bond acceptors (Lipinski definition) is 6. The van der Waals surface area contributed by atoms with Crippen LogP contribution in [-0.2, 0) is 10.0 Å². The van der Waals surface area contributed by atoms with E-state index in [4.69, 9.17) is 9.26 Å². The van der Waals surface area contributed by atoms with Crippen molar-refractivity contribution < 1.29 is 17.7 Å². The quantitative estimate of drug-likeness (QED) is 0.904. The zero-order valence-corrected chi connectivity index (χ0v) is 13.1. The monoisotopic (exact) mass is 311 g/mol. The molecule has 0 saturated heterocycles. The second-order valence-corrected chi connectivity index (χ2v) is 6.49. The highest BCUT2D eigenvalue weighted by Gasteiger charge is 2.20. The molecule has 1 N–H and O–H groups in total. The maximum absolute atomic E-state index is 12.2. The number of rotatable bonds is 5. The van der Waals surface area contributed by atoms with Gasteiger partial charge in [-0.15, -0.1) is 0 Å². The van der Waals surface area contributed by atoms with E-state index in [2.05, 4.69) is 14.9 Å². The van der Waals surface area contributed by atoms with Gasteiger partial charge in [0.05, 0.1) is 17.6 Å². The van der Waals surface area contributed by atoms with Crippen LogP contribution < -0.4 is 9.46 Å². The first kappa shape index (κ1) is 15.5. The summed E-state index contributed by atoms with van der Waals surface area (Å²) in [7, 11) is -2.11. The number of sulfonamides is 1. The number of ether oxygens (including phenoxy) is 1. The largest absolute Gasteiger partial charge is 0.496 e. The Labute approximate surface area is 123 Å². The summed E-state index contributed by atoms with van der Waals surface area (Å²) in [6.07, 6.45) is 0. The molecule has 8 heteroatoms. The minimum absolute atomic E-state index is 0.120. The molecule has 0 aliphatic rings. The molecule has 2 aromatic rings. The molecule has 0 radical (unpaired) electrons. The van der Waals surface area contributed by atoms with Gasteiger partial charge in [0, 0.05) is 13.0 Å². The Morgan fingerprint density at radius 1 is 1.33 bits per heavy atom. The predicted octanol–water partition coefficient (Wildman–Crippen LogP) is 1.74. The number of hydrogen-bond donors (Lipinski definition) is 1. The molecule has 0 fully saturated rings. The number of aryl methyl sites for hydroxylation is 1. The fraction of sp³-hybridized carbons (Fsp3) is 0.385. The van der Waals surface area contributed by atoms with Crippen molar-refractivity contribution in [3.05, 3.63) is 24.1 Å². The molecule has 0 bridgehead atoms. The van der Waals surface area contributed by atoms with Crippen LogP contribution in [0.3, 0.4) is 0 Å². The molecule has 0 amide bonds. The summed E-state index contributed by atoms with van der Waals surface area (Å²) in [5.41, 5.74) is 0.459. The van der Waals surface area contributed by atoms with E-state index in [1.165, 1.54) is 19.2 Å². The van der Waals surface area contributed by atoms with Crippen LogP contribution >= 0.6 is 0 Å². The van der Waals surface area contributed by atoms with Gasteiger partial charge in [-0.05, 0) is 32.0 Å². The fourth-order valence-electron chi connectivity index (χ4n) is 1.82. The third-order valence-corrected chi connectivity index (χ3v) is 4.30. The van der Waals surface area contributed by atoms with Gasteiger partial charge in [0.1, 0.15) is 5.75 Å². The van der Waals surface area contributed by atoms with Crippen LogP contribution in [0, 0.1) is 6.92 Å². The van der Waals surface area contributed by atoms with Gasteiger partial charge < -0.3 is 9.26 Å². The molecule has 0 atom stereocenters. The van der Waals surface area contributed by atoms with E-state index in [1.807, 2.05) is 0 Å². The normalized spacial score (nSPS) is 11.9. The Kier molecular flexibility index (Phi) is 4.29. The van der Waals surface area contributed by atoms with Crippen LogP contribution in [-0.4, -0.2) is 31.7 Å². The SMILES string of the molecule is COc1ccc(S(=O)(=O)NC(C)C)cc1-c1noc(C)n1. The number of nitrogens with one attached hydrogen (secondary N) is 1. The highest BCUT2D eigenvalue weighted by Crippen LogP contribution is 2.30. The summed E-state index contributed by atoms with van der Waals surface area (Å²) in [5, 5.41) is 3.80. The number of benzene rings is 1. The summed E-state index contributed by atoms with van der Waals surface area (Å²) in [5.74, 6) is 1.14. The molecule has 1 aromatic carbocycles. The number of nitrogens with zero attached hydrogens (tertiary/aromatic N) is 2. The second-order valence-electron chi connectivity index (χ2n) is 4.78. The van der Waals surface area contributed by atoms with Crippen molar-refractivity contribution in [3.63, 3.8) is 0 Å². The summed E-state index contributed by atoms with van der Waals surface area (Å²) >= 11 is 0. The van der Waals surface area contributed by atoms with Gasteiger partial charge in [0.15, 0.2) is 0 Å². The minimum Gasteiger partial charge on any atom is -0.496 e. The van der Waals surface area contributed by atoms with Gasteiger partial charge >= 0.3 is 0 Å². The Hall–Kier alpha value is -1.93. The van der Waals surface area contributed by atoms with Crippen LogP contribution in [0.25, 0.3) is 11.4 Å². The zero-order valence-electron chi connectivity index (χ0n) is 12.2. The molecule has 0 spiro atoms. The topological polar surface area (TPSA) is 94.3 Å². The lowest BCUT2D eigenvalue weighted by atomic mass is 10.2. The Morgan fingerprint density at radius 3 is 2.57 bits per heavy atom. The summed E-state index contributed by atoms with van der Waals surface area (Å²) in [6.45, 7) is 5.17. The van der Waals surface area contributed by atoms with Crippen LogP contribution in [0.15, 0.2) is 27.6 Å². The smallest absolute Gasteiger partial charge is 0.240 e. The van der Waals surface area contributed by atoms with E-state index in [-0.39, 0.29) is 16.8 Å². The van der Waals surface area contributed by atoms with Crippen LogP contribution in [0.4, 0.5) is 0 Å². The van der Waals surface area contributed by atoms with Crippen molar-refractivity contribution in [2.24, 2.45) is 0 Å². The molecule has 2 rings (SSSR count). The predicted molar refractivity (Wildman–Crippen MR) is 76.5 cm³/mol. The Morgan fingerprint density at radius 2 is 2.05 bits per heavy atom. The highest BCUT2D eigenvalue weighted by molar-refractivity contribution is 7.89. The summed E-state index contributed by atoms with van der Waals surface area (Å²) < 4.78 is 37.1. The van der Waals surface area contributed by atoms with E-state index in [9.17, 15) is 8.42 Å². The molecule has 1 aromatic heterocycles. The van der Waals surface area contributed by atoms with Gasteiger partial charge in [-0.3, -0.25) is 0 Å². The molecule has 0 unspecified atom stereocenters. The third kappa shape index (κ3) is 3.40. The zero-order chi connectivity index (χ0) is 15.6. The maximum Gasteiger partial charge on any atom is 0.240 e. The van der Waals surface area contributed by atoms with E-state index in [0.717, 1.165) is 0 Å². The molecule has 21 heavy (non-hydrogen) atoms. The Balaban J connectivity index is 2.53. The van der Waals surface area contributed by atoms with Crippen LogP contribution in [0.2, 0.25) is 0 Å². The van der Waals surface area contributed by atoms with Gasteiger partial charge in [-0.2, -0.15) is 4.98 Å². The van der Waals surface area contributed by atoms with Crippen LogP contribution in [0.1, 0.15) is 19.7 Å². The lowest BCUT2D eigenvalue weighted by Gasteiger charge is -2.11. The Bertz CT molecular complexity index is 738. The second kappa shape index (κ2) is 5.82. The van der Waals surface area contributed by atoms with Crippen LogP contribution in [0.5, 0.6) is 5.75 Å². The van der Waals surface area contributed by atoms with Crippen molar-refractivity contribution in [2.75, 3.05) is 7.11 Å². The van der Waals surface area contributed by atoms with Crippen molar-refractivity contribution >= 4 is 10.0 Å². The first-order chi connectivity index (χ1) is 9.83. The molecule has 7 nitrogen and oxygen atoms in total.